The summed E-state index contributed by atoms with van der Waals surface area (Å²) in [6, 6.07) is 10.5. The zero-order valence-electron chi connectivity index (χ0n) is 13.7. The number of pyridine rings is 1. The first-order valence-electron chi connectivity index (χ1n) is 8.51. The van der Waals surface area contributed by atoms with E-state index in [4.69, 9.17) is 0 Å². The molecule has 0 aliphatic carbocycles. The third kappa shape index (κ3) is 4.58. The number of rotatable bonds is 5. The molecule has 2 aromatic rings. The maximum atomic E-state index is 13.5. The van der Waals surface area contributed by atoms with Gasteiger partial charge in [-0.25, -0.2) is 8.78 Å². The SMILES string of the molecule is Fc1ccc(CN(Cc2ccccn2)C2CCCNCC2)cc1F. The molecular weight excluding hydrogens is 308 g/mol. The lowest BCUT2D eigenvalue weighted by Gasteiger charge is -2.31. The van der Waals surface area contributed by atoms with E-state index in [2.05, 4.69) is 15.2 Å². The largest absolute Gasteiger partial charge is 0.317 e. The van der Waals surface area contributed by atoms with Crippen molar-refractivity contribution in [2.75, 3.05) is 13.1 Å². The van der Waals surface area contributed by atoms with Crippen molar-refractivity contribution < 1.29 is 8.78 Å². The van der Waals surface area contributed by atoms with Gasteiger partial charge in [0.15, 0.2) is 11.6 Å². The van der Waals surface area contributed by atoms with Crippen LogP contribution in [0.3, 0.4) is 0 Å². The van der Waals surface area contributed by atoms with Gasteiger partial charge in [0.1, 0.15) is 0 Å². The minimum Gasteiger partial charge on any atom is -0.317 e. The van der Waals surface area contributed by atoms with E-state index in [1.54, 1.807) is 12.3 Å². The first-order chi connectivity index (χ1) is 11.7. The van der Waals surface area contributed by atoms with Crippen LogP contribution < -0.4 is 5.32 Å². The van der Waals surface area contributed by atoms with Crippen molar-refractivity contribution >= 4 is 0 Å². The second-order valence-corrected chi connectivity index (χ2v) is 6.31. The fraction of sp³-hybridized carbons (Fsp3) is 0.421. The summed E-state index contributed by atoms with van der Waals surface area (Å²) >= 11 is 0. The van der Waals surface area contributed by atoms with Gasteiger partial charge in [0.05, 0.1) is 5.69 Å². The summed E-state index contributed by atoms with van der Waals surface area (Å²) in [6.45, 7) is 3.34. The van der Waals surface area contributed by atoms with E-state index in [1.807, 2.05) is 18.2 Å². The fourth-order valence-corrected chi connectivity index (χ4v) is 3.25. The quantitative estimate of drug-likeness (QED) is 0.909. The van der Waals surface area contributed by atoms with Gasteiger partial charge in [-0.2, -0.15) is 0 Å². The Hall–Kier alpha value is -1.85. The molecule has 0 amide bonds. The topological polar surface area (TPSA) is 28.2 Å². The van der Waals surface area contributed by atoms with Crippen LogP contribution in [0.4, 0.5) is 8.78 Å². The molecule has 1 unspecified atom stereocenters. The van der Waals surface area contributed by atoms with Crippen molar-refractivity contribution in [3.63, 3.8) is 0 Å². The highest BCUT2D eigenvalue weighted by Crippen LogP contribution is 2.20. The molecule has 0 radical (unpaired) electrons. The molecule has 1 fully saturated rings. The Bertz CT molecular complexity index is 640. The van der Waals surface area contributed by atoms with Crippen LogP contribution in [0.25, 0.3) is 0 Å². The van der Waals surface area contributed by atoms with Gasteiger partial charge in [0.2, 0.25) is 0 Å². The van der Waals surface area contributed by atoms with E-state index in [0.29, 0.717) is 19.1 Å². The van der Waals surface area contributed by atoms with Crippen LogP contribution in [0.5, 0.6) is 0 Å². The monoisotopic (exact) mass is 331 g/mol. The van der Waals surface area contributed by atoms with Gasteiger partial charge >= 0.3 is 0 Å². The average molecular weight is 331 g/mol. The highest BCUT2D eigenvalue weighted by molar-refractivity contribution is 5.18. The van der Waals surface area contributed by atoms with Gasteiger partial charge in [0, 0.05) is 25.3 Å². The van der Waals surface area contributed by atoms with Crippen LogP contribution in [0.1, 0.15) is 30.5 Å². The third-order valence-corrected chi connectivity index (χ3v) is 4.52. The predicted octanol–water partition coefficient (Wildman–Crippen LogP) is 3.50. The number of hydrogen-bond acceptors (Lipinski definition) is 3. The zero-order valence-corrected chi connectivity index (χ0v) is 13.7. The highest BCUT2D eigenvalue weighted by atomic mass is 19.2. The summed E-state index contributed by atoms with van der Waals surface area (Å²) in [6.07, 6.45) is 5.07. The van der Waals surface area contributed by atoms with Crippen LogP contribution >= 0.6 is 0 Å². The molecule has 2 heterocycles. The molecule has 128 valence electrons. The Morgan fingerprint density at radius 3 is 2.75 bits per heavy atom. The molecule has 5 heteroatoms. The molecule has 0 bridgehead atoms. The molecule has 3 rings (SSSR count). The molecule has 1 aromatic carbocycles. The van der Waals surface area contributed by atoms with Crippen molar-refractivity contribution in [3.8, 4) is 0 Å². The maximum Gasteiger partial charge on any atom is 0.159 e. The number of nitrogens with zero attached hydrogens (tertiary/aromatic N) is 2. The molecular formula is C19H23F2N3. The van der Waals surface area contributed by atoms with Crippen LogP contribution in [0.15, 0.2) is 42.6 Å². The Morgan fingerprint density at radius 1 is 1.04 bits per heavy atom. The van der Waals surface area contributed by atoms with E-state index in [0.717, 1.165) is 43.6 Å². The van der Waals surface area contributed by atoms with Crippen molar-refractivity contribution in [1.82, 2.24) is 15.2 Å². The minimum atomic E-state index is -0.798. The van der Waals surface area contributed by atoms with E-state index < -0.39 is 11.6 Å². The molecule has 1 aliphatic heterocycles. The Morgan fingerprint density at radius 2 is 1.96 bits per heavy atom. The lowest BCUT2D eigenvalue weighted by Crippen LogP contribution is -2.35. The predicted molar refractivity (Wildman–Crippen MR) is 90.4 cm³/mol. The Labute approximate surface area is 141 Å². The molecule has 1 saturated heterocycles. The van der Waals surface area contributed by atoms with Crippen molar-refractivity contribution in [2.45, 2.75) is 38.4 Å². The summed E-state index contributed by atoms with van der Waals surface area (Å²) in [5.41, 5.74) is 1.79. The van der Waals surface area contributed by atoms with Gasteiger partial charge < -0.3 is 5.32 Å². The lowest BCUT2D eigenvalue weighted by atomic mass is 10.1. The second-order valence-electron chi connectivity index (χ2n) is 6.31. The summed E-state index contributed by atoms with van der Waals surface area (Å²) in [7, 11) is 0. The van der Waals surface area contributed by atoms with Crippen LogP contribution in [-0.2, 0) is 13.1 Å². The van der Waals surface area contributed by atoms with Gasteiger partial charge in [-0.05, 0) is 62.2 Å². The van der Waals surface area contributed by atoms with E-state index in [9.17, 15) is 8.78 Å². The summed E-state index contributed by atoms with van der Waals surface area (Å²) in [4.78, 5) is 6.75. The maximum absolute atomic E-state index is 13.5. The number of nitrogens with one attached hydrogen (secondary N) is 1. The third-order valence-electron chi connectivity index (χ3n) is 4.52. The molecule has 0 saturated carbocycles. The number of aromatic nitrogens is 1. The van der Waals surface area contributed by atoms with Gasteiger partial charge in [-0.3, -0.25) is 9.88 Å². The van der Waals surface area contributed by atoms with E-state index >= 15 is 0 Å². The summed E-state index contributed by atoms with van der Waals surface area (Å²) in [5.74, 6) is -1.58. The van der Waals surface area contributed by atoms with Crippen molar-refractivity contribution in [2.24, 2.45) is 0 Å². The molecule has 24 heavy (non-hydrogen) atoms. The van der Waals surface area contributed by atoms with Crippen LogP contribution in [0, 0.1) is 11.6 Å². The van der Waals surface area contributed by atoms with Gasteiger partial charge in [-0.15, -0.1) is 0 Å². The molecule has 1 aromatic heterocycles. The van der Waals surface area contributed by atoms with Gasteiger partial charge in [0.25, 0.3) is 0 Å². The molecule has 3 nitrogen and oxygen atoms in total. The summed E-state index contributed by atoms with van der Waals surface area (Å²) in [5, 5.41) is 3.42. The molecule has 1 N–H and O–H groups in total. The minimum absolute atomic E-state index is 0.412. The lowest BCUT2D eigenvalue weighted by molar-refractivity contribution is 0.162. The Balaban J connectivity index is 1.78. The van der Waals surface area contributed by atoms with Crippen molar-refractivity contribution in [3.05, 3.63) is 65.5 Å². The standard InChI is InChI=1S/C19H23F2N3/c20-18-7-6-15(12-19(18)21)13-24(14-16-4-1-2-10-23-16)17-5-3-9-22-11-8-17/h1-2,4,6-7,10,12,17,22H,3,5,8-9,11,13-14H2. The smallest absolute Gasteiger partial charge is 0.159 e. The average Bonchev–Trinajstić information content (AvgIpc) is 2.88. The second kappa shape index (κ2) is 8.31. The number of halogens is 2. The number of benzene rings is 1. The van der Waals surface area contributed by atoms with Gasteiger partial charge in [-0.1, -0.05) is 12.1 Å². The first kappa shape index (κ1) is 17.0. The normalized spacial score (nSPS) is 18.5. The van der Waals surface area contributed by atoms with E-state index in [-0.39, 0.29) is 0 Å². The zero-order chi connectivity index (χ0) is 16.8. The molecule has 0 spiro atoms. The van der Waals surface area contributed by atoms with Crippen molar-refractivity contribution in [1.29, 1.82) is 0 Å². The first-order valence-corrected chi connectivity index (χ1v) is 8.51. The molecule has 1 aliphatic rings. The Kier molecular flexibility index (Phi) is 5.88. The van der Waals surface area contributed by atoms with E-state index in [1.165, 1.54) is 12.1 Å². The fourth-order valence-electron chi connectivity index (χ4n) is 3.25. The summed E-state index contributed by atoms with van der Waals surface area (Å²) < 4.78 is 26.7. The number of hydrogen-bond donors (Lipinski definition) is 1. The molecule has 1 atom stereocenters. The van der Waals surface area contributed by atoms with Crippen LogP contribution in [0.2, 0.25) is 0 Å². The van der Waals surface area contributed by atoms with Crippen LogP contribution in [-0.4, -0.2) is 29.0 Å². The highest BCUT2D eigenvalue weighted by Gasteiger charge is 2.21.